The summed E-state index contributed by atoms with van der Waals surface area (Å²) in [6, 6.07) is 3.90. The lowest BCUT2D eigenvalue weighted by Crippen LogP contribution is -2.06. The van der Waals surface area contributed by atoms with Gasteiger partial charge in [0.05, 0.1) is 31.9 Å². The molecule has 2 aromatic rings. The molecule has 4 N–H and O–H groups in total. The highest BCUT2D eigenvalue weighted by Gasteiger charge is 2.19. The highest BCUT2D eigenvalue weighted by Crippen LogP contribution is 2.29. The molecule has 12 nitrogen and oxygen atoms in total. The molecule has 2 rings (SSSR count). The van der Waals surface area contributed by atoms with E-state index in [0.29, 0.717) is 0 Å². The Morgan fingerprint density at radius 2 is 1.63 bits per heavy atom. The van der Waals surface area contributed by atoms with Crippen LogP contribution < -0.4 is 25.7 Å². The predicted octanol–water partition coefficient (Wildman–Crippen LogP) is 0.665. The average Bonchev–Trinajstić information content (AvgIpc) is 2.60. The summed E-state index contributed by atoms with van der Waals surface area (Å²) in [6.45, 7) is 0. The molecule has 2 heterocycles. The minimum atomic E-state index is -3.42. The summed E-state index contributed by atoms with van der Waals surface area (Å²) in [4.78, 5) is 17.1. The zero-order valence-electron chi connectivity index (χ0n) is 15.0. The van der Waals surface area contributed by atoms with Crippen molar-refractivity contribution in [3.05, 3.63) is 28.3 Å². The first-order valence-electron chi connectivity index (χ1n) is 7.08. The normalized spacial score (nSPS) is 10.4. The molecule has 27 heavy (non-hydrogen) atoms. The van der Waals surface area contributed by atoms with Gasteiger partial charge in [0.15, 0.2) is 9.84 Å². The maximum absolute atomic E-state index is 11.3. The number of hydrogen-bond acceptors (Lipinski definition) is 11. The fourth-order valence-corrected chi connectivity index (χ4v) is 2.56. The molecule has 0 amide bonds. The zero-order chi connectivity index (χ0) is 20.8. The first-order valence-corrected chi connectivity index (χ1v) is 8.97. The minimum absolute atomic E-state index is 0.0245. The van der Waals surface area contributed by atoms with Crippen LogP contribution in [0.4, 0.5) is 17.2 Å². The molecule has 0 saturated carbocycles. The Balaban J connectivity index is 0.000000277. The molecule has 0 radical (unpaired) electrons. The van der Waals surface area contributed by atoms with Crippen LogP contribution in [0.15, 0.2) is 23.1 Å². The van der Waals surface area contributed by atoms with E-state index < -0.39 is 14.8 Å². The van der Waals surface area contributed by atoms with Gasteiger partial charge >= 0.3 is 5.69 Å². The molecule has 0 saturated heterocycles. The quantitative estimate of drug-likeness (QED) is 0.530. The molecule has 0 unspecified atom stereocenters. The van der Waals surface area contributed by atoms with E-state index in [0.717, 1.165) is 6.26 Å². The third kappa shape index (κ3) is 5.57. The number of methoxy groups -OCH3 is 3. The fourth-order valence-electron chi connectivity index (χ4n) is 1.77. The van der Waals surface area contributed by atoms with Crippen LogP contribution in [-0.4, -0.2) is 50.9 Å². The van der Waals surface area contributed by atoms with E-state index in [1.807, 2.05) is 0 Å². The van der Waals surface area contributed by atoms with Crippen molar-refractivity contribution in [2.75, 3.05) is 39.1 Å². The van der Waals surface area contributed by atoms with Crippen LogP contribution in [0, 0.1) is 10.1 Å². The standard InChI is InChI=1S/C8H12N2O4S.C6H7N3O3/c1-13-7-5(9)4-6(15(3,11)12)8(10-7)14-2;1-12-5-3-2-4(9(10)11)6(7)8-5/h4H,9H2,1-3H3;2-3H,1H3,(H2,7,8). The van der Waals surface area contributed by atoms with Gasteiger partial charge in [-0.3, -0.25) is 10.1 Å². The van der Waals surface area contributed by atoms with Gasteiger partial charge in [-0.2, -0.15) is 9.97 Å². The van der Waals surface area contributed by atoms with E-state index in [1.54, 1.807) is 0 Å². The first kappa shape index (κ1) is 21.7. The number of anilines is 2. The first-order chi connectivity index (χ1) is 12.5. The number of sulfone groups is 1. The predicted molar refractivity (Wildman–Crippen MR) is 96.7 cm³/mol. The zero-order valence-corrected chi connectivity index (χ0v) is 15.8. The Kier molecular flexibility index (Phi) is 7.10. The molecular weight excluding hydrogens is 382 g/mol. The maximum atomic E-state index is 11.3. The van der Waals surface area contributed by atoms with Gasteiger partial charge in [0.25, 0.3) is 0 Å². The Labute approximate surface area is 155 Å². The van der Waals surface area contributed by atoms with Gasteiger partial charge in [-0.15, -0.1) is 0 Å². The molecule has 0 atom stereocenters. The number of ether oxygens (including phenoxy) is 3. The van der Waals surface area contributed by atoms with Crippen molar-refractivity contribution < 1.29 is 27.6 Å². The molecule has 13 heteroatoms. The number of hydrogen-bond donors (Lipinski definition) is 2. The van der Waals surface area contributed by atoms with Crippen molar-refractivity contribution in [1.82, 2.24) is 9.97 Å². The van der Waals surface area contributed by atoms with Gasteiger partial charge < -0.3 is 25.7 Å². The highest BCUT2D eigenvalue weighted by atomic mass is 32.2. The number of nitrogens with two attached hydrogens (primary N) is 2. The van der Waals surface area contributed by atoms with E-state index in [9.17, 15) is 18.5 Å². The molecule has 0 aromatic carbocycles. The van der Waals surface area contributed by atoms with Gasteiger partial charge in [0.1, 0.15) is 4.90 Å². The van der Waals surface area contributed by atoms with Crippen LogP contribution in [0.25, 0.3) is 0 Å². The molecule has 0 aliphatic rings. The Morgan fingerprint density at radius 1 is 1.04 bits per heavy atom. The largest absolute Gasteiger partial charge is 0.481 e. The molecule has 2 aromatic heterocycles. The number of rotatable bonds is 5. The van der Waals surface area contributed by atoms with Crippen molar-refractivity contribution >= 4 is 27.0 Å². The van der Waals surface area contributed by atoms with Crippen LogP contribution in [0.5, 0.6) is 17.6 Å². The lowest BCUT2D eigenvalue weighted by atomic mass is 10.4. The Hall–Kier alpha value is -3.35. The summed E-state index contributed by atoms with van der Waals surface area (Å²) in [5.74, 6) is 0.236. The molecule has 0 fully saturated rings. The molecule has 0 aliphatic carbocycles. The summed E-state index contributed by atoms with van der Waals surface area (Å²) in [7, 11) is 0.707. The third-order valence-electron chi connectivity index (χ3n) is 3.02. The monoisotopic (exact) mass is 401 g/mol. The third-order valence-corrected chi connectivity index (χ3v) is 4.11. The average molecular weight is 401 g/mol. The number of pyridine rings is 2. The lowest BCUT2D eigenvalue weighted by molar-refractivity contribution is -0.384. The van der Waals surface area contributed by atoms with Gasteiger partial charge in [-0.25, -0.2) is 8.42 Å². The SMILES string of the molecule is COc1ccc([N+](=O)[O-])c(N)n1.COc1nc(OC)c(S(C)(=O)=O)cc1N. The second-order valence-corrected chi connectivity index (χ2v) is 6.87. The summed E-state index contributed by atoms with van der Waals surface area (Å²) in [6.07, 6.45) is 1.05. The maximum Gasteiger partial charge on any atom is 0.311 e. The van der Waals surface area contributed by atoms with Crippen molar-refractivity contribution in [2.24, 2.45) is 0 Å². The topological polar surface area (TPSA) is 183 Å². The van der Waals surface area contributed by atoms with E-state index in [1.165, 1.54) is 39.5 Å². The summed E-state index contributed by atoms with van der Waals surface area (Å²) in [5.41, 5.74) is 10.7. The van der Waals surface area contributed by atoms with Gasteiger partial charge in [-0.05, 0) is 6.07 Å². The molecular formula is C14H19N5O7S. The number of nitro groups is 1. The van der Waals surface area contributed by atoms with E-state index in [4.69, 9.17) is 25.7 Å². The van der Waals surface area contributed by atoms with Crippen LogP contribution >= 0.6 is 0 Å². The smallest absolute Gasteiger partial charge is 0.311 e. The molecule has 148 valence electrons. The van der Waals surface area contributed by atoms with E-state index in [-0.39, 0.29) is 39.7 Å². The summed E-state index contributed by atoms with van der Waals surface area (Å²) in [5, 5.41) is 10.3. The molecule has 0 aliphatic heterocycles. The van der Waals surface area contributed by atoms with Crippen molar-refractivity contribution in [1.29, 1.82) is 0 Å². The Bertz CT molecular complexity index is 934. The van der Waals surface area contributed by atoms with Gasteiger partial charge in [0.2, 0.25) is 23.5 Å². The Morgan fingerprint density at radius 3 is 2.04 bits per heavy atom. The number of nitrogens with zero attached hydrogens (tertiary/aromatic N) is 3. The van der Waals surface area contributed by atoms with E-state index >= 15 is 0 Å². The number of aromatic nitrogens is 2. The fraction of sp³-hybridized carbons (Fsp3) is 0.286. The van der Waals surface area contributed by atoms with Crippen molar-refractivity contribution in [3.8, 4) is 17.6 Å². The minimum Gasteiger partial charge on any atom is -0.481 e. The lowest BCUT2D eigenvalue weighted by Gasteiger charge is -2.09. The second kappa shape index (κ2) is 8.84. The summed E-state index contributed by atoms with van der Waals surface area (Å²) >= 11 is 0. The highest BCUT2D eigenvalue weighted by molar-refractivity contribution is 7.90. The van der Waals surface area contributed by atoms with Crippen LogP contribution in [-0.2, 0) is 9.84 Å². The van der Waals surface area contributed by atoms with Crippen molar-refractivity contribution in [2.45, 2.75) is 4.90 Å². The summed E-state index contributed by atoms with van der Waals surface area (Å²) < 4.78 is 37.1. The van der Waals surface area contributed by atoms with Crippen LogP contribution in [0.2, 0.25) is 0 Å². The molecule has 0 spiro atoms. The van der Waals surface area contributed by atoms with Gasteiger partial charge in [-0.1, -0.05) is 0 Å². The van der Waals surface area contributed by atoms with Gasteiger partial charge in [0, 0.05) is 18.4 Å². The van der Waals surface area contributed by atoms with Crippen LogP contribution in [0.3, 0.4) is 0 Å². The number of nitrogen functional groups attached to an aromatic ring is 2. The van der Waals surface area contributed by atoms with Crippen molar-refractivity contribution in [3.63, 3.8) is 0 Å². The molecule has 0 bridgehead atoms. The second-order valence-electron chi connectivity index (χ2n) is 4.88. The van der Waals surface area contributed by atoms with E-state index in [2.05, 4.69) is 9.97 Å². The van der Waals surface area contributed by atoms with Crippen LogP contribution in [0.1, 0.15) is 0 Å².